The summed E-state index contributed by atoms with van der Waals surface area (Å²) in [6, 6.07) is 0. The highest BCUT2D eigenvalue weighted by Gasteiger charge is 2.52. The number of hydrogen-bond acceptors (Lipinski definition) is 4. The fourth-order valence-electron chi connectivity index (χ4n) is 3.62. The minimum atomic E-state index is -3.14. The average molecular weight is 274 g/mol. The van der Waals surface area contributed by atoms with E-state index < -0.39 is 20.5 Å². The molecule has 1 aliphatic carbocycles. The van der Waals surface area contributed by atoms with Gasteiger partial charge in [0.2, 0.25) is 0 Å². The molecule has 4 nitrogen and oxygen atoms in total. The minimum Gasteiger partial charge on any atom is -0.469 e. The first-order chi connectivity index (χ1) is 8.53. The van der Waals surface area contributed by atoms with Gasteiger partial charge in [-0.3, -0.25) is 4.79 Å². The van der Waals surface area contributed by atoms with Gasteiger partial charge < -0.3 is 4.74 Å². The van der Waals surface area contributed by atoms with E-state index in [1.54, 1.807) is 0 Å². The Bertz CT molecular complexity index is 407. The van der Waals surface area contributed by atoms with E-state index in [0.29, 0.717) is 19.3 Å². The largest absolute Gasteiger partial charge is 0.469 e. The summed E-state index contributed by atoms with van der Waals surface area (Å²) in [4.78, 5) is 12.2. The van der Waals surface area contributed by atoms with E-state index in [1.165, 1.54) is 7.11 Å². The number of carbonyl (C=O) groups is 1. The van der Waals surface area contributed by atoms with Crippen molar-refractivity contribution in [3.05, 3.63) is 0 Å². The quantitative estimate of drug-likeness (QED) is 0.723. The molecule has 0 spiro atoms. The Morgan fingerprint density at radius 3 is 2.33 bits per heavy atom. The van der Waals surface area contributed by atoms with Gasteiger partial charge in [0.15, 0.2) is 9.84 Å². The van der Waals surface area contributed by atoms with Crippen molar-refractivity contribution < 1.29 is 17.9 Å². The molecule has 1 heterocycles. The molecule has 104 valence electrons. The van der Waals surface area contributed by atoms with Gasteiger partial charge in [0, 0.05) is 0 Å². The lowest BCUT2D eigenvalue weighted by Gasteiger charge is -2.42. The molecule has 0 bridgehead atoms. The van der Waals surface area contributed by atoms with Crippen molar-refractivity contribution >= 4 is 15.8 Å². The average Bonchev–Trinajstić information content (AvgIpc) is 2.38. The zero-order valence-corrected chi connectivity index (χ0v) is 11.8. The van der Waals surface area contributed by atoms with Crippen molar-refractivity contribution in [3.8, 4) is 0 Å². The number of ether oxygens (including phenoxy) is 1. The highest BCUT2D eigenvalue weighted by molar-refractivity contribution is 7.92. The van der Waals surface area contributed by atoms with E-state index in [4.69, 9.17) is 4.74 Å². The molecule has 2 fully saturated rings. The SMILES string of the molecule is COC(=O)C1(C2CCCCS2(=O)=O)CCCCC1. The lowest BCUT2D eigenvalue weighted by molar-refractivity contribution is -0.155. The Hall–Kier alpha value is -0.580. The van der Waals surface area contributed by atoms with Gasteiger partial charge in [-0.25, -0.2) is 8.42 Å². The van der Waals surface area contributed by atoms with Crippen LogP contribution in [0.3, 0.4) is 0 Å². The topological polar surface area (TPSA) is 60.4 Å². The molecule has 5 heteroatoms. The van der Waals surface area contributed by atoms with E-state index in [2.05, 4.69) is 0 Å². The summed E-state index contributed by atoms with van der Waals surface area (Å²) in [6.07, 6.45) is 6.55. The zero-order valence-electron chi connectivity index (χ0n) is 11.0. The maximum absolute atomic E-state index is 12.3. The molecule has 1 unspecified atom stereocenters. The summed E-state index contributed by atoms with van der Waals surface area (Å²) < 4.78 is 29.5. The number of methoxy groups -OCH3 is 1. The fraction of sp³-hybridized carbons (Fsp3) is 0.923. The molecule has 0 N–H and O–H groups in total. The number of sulfone groups is 1. The third-order valence-corrected chi connectivity index (χ3v) is 6.94. The highest BCUT2D eigenvalue weighted by Crippen LogP contribution is 2.46. The summed E-state index contributed by atoms with van der Waals surface area (Å²) in [5.41, 5.74) is -0.758. The van der Waals surface area contributed by atoms with E-state index in [0.717, 1.165) is 32.1 Å². The Labute approximate surface area is 109 Å². The van der Waals surface area contributed by atoms with Crippen LogP contribution in [0.5, 0.6) is 0 Å². The summed E-state index contributed by atoms with van der Waals surface area (Å²) >= 11 is 0. The van der Waals surface area contributed by atoms with E-state index >= 15 is 0 Å². The van der Waals surface area contributed by atoms with Crippen molar-refractivity contribution in [2.75, 3.05) is 12.9 Å². The number of rotatable bonds is 2. The fourth-order valence-corrected chi connectivity index (χ4v) is 6.05. The third-order valence-electron chi connectivity index (χ3n) is 4.53. The lowest BCUT2D eigenvalue weighted by atomic mass is 9.70. The molecule has 0 aromatic rings. The molecule has 0 aromatic heterocycles. The maximum atomic E-state index is 12.3. The number of hydrogen-bond donors (Lipinski definition) is 0. The van der Waals surface area contributed by atoms with Crippen molar-refractivity contribution in [2.45, 2.75) is 56.6 Å². The molecule has 1 saturated carbocycles. The first kappa shape index (κ1) is 13.8. The zero-order chi connectivity index (χ0) is 13.2. The summed E-state index contributed by atoms with van der Waals surface area (Å²) in [6.45, 7) is 0. The minimum absolute atomic E-state index is 0.233. The van der Waals surface area contributed by atoms with Crippen LogP contribution in [-0.2, 0) is 19.4 Å². The molecule has 1 aliphatic heterocycles. The van der Waals surface area contributed by atoms with Crippen molar-refractivity contribution in [3.63, 3.8) is 0 Å². The molecule has 1 saturated heterocycles. The van der Waals surface area contributed by atoms with E-state index in [-0.39, 0.29) is 11.7 Å². The van der Waals surface area contributed by atoms with Crippen LogP contribution in [0.2, 0.25) is 0 Å². The second-order valence-electron chi connectivity index (χ2n) is 5.56. The highest BCUT2D eigenvalue weighted by atomic mass is 32.2. The van der Waals surface area contributed by atoms with Crippen molar-refractivity contribution in [2.24, 2.45) is 5.41 Å². The summed E-state index contributed by atoms with van der Waals surface area (Å²) in [5, 5.41) is -0.508. The molecule has 0 radical (unpaired) electrons. The molecule has 18 heavy (non-hydrogen) atoms. The first-order valence-corrected chi connectivity index (χ1v) is 8.54. The van der Waals surface area contributed by atoms with Gasteiger partial charge in [-0.05, 0) is 25.7 Å². The van der Waals surface area contributed by atoms with Crippen LogP contribution in [0.15, 0.2) is 0 Å². The van der Waals surface area contributed by atoms with Crippen LogP contribution < -0.4 is 0 Å². The maximum Gasteiger partial charge on any atom is 0.313 e. The third kappa shape index (κ3) is 2.29. The van der Waals surface area contributed by atoms with Gasteiger partial charge >= 0.3 is 5.97 Å². The number of carbonyl (C=O) groups excluding carboxylic acids is 1. The Kier molecular flexibility index (Phi) is 3.99. The molecule has 0 amide bonds. The van der Waals surface area contributed by atoms with Crippen LogP contribution in [0.4, 0.5) is 0 Å². The summed E-state index contributed by atoms with van der Waals surface area (Å²) in [7, 11) is -1.77. The normalized spacial score (nSPS) is 30.6. The van der Waals surface area contributed by atoms with Gasteiger partial charge in [0.05, 0.1) is 23.5 Å². The first-order valence-electron chi connectivity index (χ1n) is 6.83. The van der Waals surface area contributed by atoms with Crippen LogP contribution in [-0.4, -0.2) is 32.5 Å². The molecular formula is C13H22O4S. The Morgan fingerprint density at radius 2 is 1.78 bits per heavy atom. The van der Waals surface area contributed by atoms with Gasteiger partial charge in [-0.1, -0.05) is 25.7 Å². The lowest BCUT2D eigenvalue weighted by Crippen LogP contribution is -2.50. The van der Waals surface area contributed by atoms with Crippen molar-refractivity contribution in [1.82, 2.24) is 0 Å². The van der Waals surface area contributed by atoms with Gasteiger partial charge in [0.1, 0.15) is 0 Å². The Morgan fingerprint density at radius 1 is 1.11 bits per heavy atom. The molecular weight excluding hydrogens is 252 g/mol. The molecule has 1 atom stereocenters. The van der Waals surface area contributed by atoms with Crippen LogP contribution >= 0.6 is 0 Å². The predicted octanol–water partition coefficient (Wildman–Crippen LogP) is 2.08. The summed E-state index contributed by atoms with van der Waals surface area (Å²) in [5.74, 6) is -0.0752. The van der Waals surface area contributed by atoms with Crippen LogP contribution in [0.25, 0.3) is 0 Å². The molecule has 2 rings (SSSR count). The standard InChI is InChI=1S/C13H22O4S/c1-17-12(14)13(8-4-2-5-9-13)11-7-3-6-10-18(11,15)16/h11H,2-10H2,1H3. The van der Waals surface area contributed by atoms with Gasteiger partial charge in [-0.15, -0.1) is 0 Å². The molecule has 2 aliphatic rings. The van der Waals surface area contributed by atoms with Crippen LogP contribution in [0.1, 0.15) is 51.4 Å². The van der Waals surface area contributed by atoms with E-state index in [9.17, 15) is 13.2 Å². The second-order valence-corrected chi connectivity index (χ2v) is 7.86. The second kappa shape index (κ2) is 5.19. The monoisotopic (exact) mass is 274 g/mol. The van der Waals surface area contributed by atoms with Crippen LogP contribution in [0, 0.1) is 5.41 Å². The predicted molar refractivity (Wildman–Crippen MR) is 69.0 cm³/mol. The Balaban J connectivity index is 2.36. The van der Waals surface area contributed by atoms with E-state index in [1.807, 2.05) is 0 Å². The van der Waals surface area contributed by atoms with Gasteiger partial charge in [-0.2, -0.15) is 0 Å². The smallest absolute Gasteiger partial charge is 0.313 e. The van der Waals surface area contributed by atoms with Crippen molar-refractivity contribution in [1.29, 1.82) is 0 Å². The number of esters is 1. The molecule has 0 aromatic carbocycles. The van der Waals surface area contributed by atoms with Gasteiger partial charge in [0.25, 0.3) is 0 Å².